The highest BCUT2D eigenvalue weighted by atomic mass is 32.2. The second-order valence-electron chi connectivity index (χ2n) is 2.82. The molecule has 0 heterocycles. The van der Waals surface area contributed by atoms with Crippen LogP contribution < -0.4 is 10.0 Å². The van der Waals surface area contributed by atoms with Crippen molar-refractivity contribution in [2.45, 2.75) is 0 Å². The van der Waals surface area contributed by atoms with Crippen LogP contribution in [0.4, 0.5) is 11.4 Å². The maximum absolute atomic E-state index is 11.0. The molecule has 0 aliphatic rings. The van der Waals surface area contributed by atoms with E-state index >= 15 is 0 Å². The quantitative estimate of drug-likeness (QED) is 0.653. The molecule has 0 aliphatic carbocycles. The van der Waals surface area contributed by atoms with Crippen LogP contribution in [0.25, 0.3) is 0 Å². The monoisotopic (exact) mass is 216 g/mol. The number of phenolic OH excluding ortho intramolecular Hbond substituents is 1. The fourth-order valence-corrected chi connectivity index (χ4v) is 1.66. The SMILES string of the molecule is CNc1c(O)cccc1NS(C)(=O)=O. The molecule has 3 N–H and O–H groups in total. The first kappa shape index (κ1) is 10.6. The van der Waals surface area contributed by atoms with E-state index < -0.39 is 10.0 Å². The number of hydrogen-bond donors (Lipinski definition) is 3. The molecule has 0 spiro atoms. The fraction of sp³-hybridized carbons (Fsp3) is 0.250. The van der Waals surface area contributed by atoms with Gasteiger partial charge in [0.1, 0.15) is 11.4 Å². The molecule has 0 saturated carbocycles. The van der Waals surface area contributed by atoms with Gasteiger partial charge in [0.2, 0.25) is 10.0 Å². The lowest BCUT2D eigenvalue weighted by atomic mass is 10.2. The molecule has 6 heteroatoms. The molecule has 0 atom stereocenters. The lowest BCUT2D eigenvalue weighted by Crippen LogP contribution is -2.11. The molecule has 14 heavy (non-hydrogen) atoms. The Balaban J connectivity index is 3.15. The molecule has 0 amide bonds. The Hall–Kier alpha value is -1.43. The number of rotatable bonds is 3. The molecular weight excluding hydrogens is 204 g/mol. The standard InChI is InChI=1S/C8H12N2O3S/c1-9-8-6(10-14(2,12)13)4-3-5-7(8)11/h3-5,9-11H,1-2H3. The van der Waals surface area contributed by atoms with Crippen LogP contribution in [0.2, 0.25) is 0 Å². The summed E-state index contributed by atoms with van der Waals surface area (Å²) in [5.74, 6) is 0.00106. The van der Waals surface area contributed by atoms with Crippen molar-refractivity contribution in [3.8, 4) is 5.75 Å². The molecule has 0 aliphatic heterocycles. The van der Waals surface area contributed by atoms with Crippen LogP contribution in [-0.2, 0) is 10.0 Å². The Kier molecular flexibility index (Phi) is 2.85. The average Bonchev–Trinajstić information content (AvgIpc) is 2.01. The molecule has 5 nitrogen and oxygen atoms in total. The molecule has 78 valence electrons. The van der Waals surface area contributed by atoms with Crippen LogP contribution in [0.5, 0.6) is 5.75 Å². The van der Waals surface area contributed by atoms with E-state index in [1.54, 1.807) is 19.2 Å². The van der Waals surface area contributed by atoms with Crippen molar-refractivity contribution in [2.75, 3.05) is 23.3 Å². The molecule has 1 aromatic rings. The Morgan fingerprint density at radius 2 is 2.00 bits per heavy atom. The van der Waals surface area contributed by atoms with Crippen molar-refractivity contribution < 1.29 is 13.5 Å². The maximum atomic E-state index is 11.0. The summed E-state index contributed by atoms with van der Waals surface area (Å²) in [6, 6.07) is 4.59. The van der Waals surface area contributed by atoms with Crippen LogP contribution in [0, 0.1) is 0 Å². The van der Waals surface area contributed by atoms with Gasteiger partial charge in [-0.3, -0.25) is 4.72 Å². The summed E-state index contributed by atoms with van der Waals surface area (Å²) >= 11 is 0. The van der Waals surface area contributed by atoms with Gasteiger partial charge in [0, 0.05) is 7.05 Å². The van der Waals surface area contributed by atoms with Gasteiger partial charge in [-0.1, -0.05) is 6.07 Å². The van der Waals surface area contributed by atoms with Gasteiger partial charge in [0.15, 0.2) is 0 Å². The van der Waals surface area contributed by atoms with Crippen LogP contribution in [-0.4, -0.2) is 26.8 Å². The van der Waals surface area contributed by atoms with Gasteiger partial charge in [0.25, 0.3) is 0 Å². The Morgan fingerprint density at radius 3 is 2.50 bits per heavy atom. The zero-order valence-corrected chi connectivity index (χ0v) is 8.72. The van der Waals surface area contributed by atoms with Crippen LogP contribution in [0.15, 0.2) is 18.2 Å². The second kappa shape index (κ2) is 3.75. The van der Waals surface area contributed by atoms with Crippen LogP contribution >= 0.6 is 0 Å². The third-order valence-corrected chi connectivity index (χ3v) is 2.18. The topological polar surface area (TPSA) is 78.4 Å². The van der Waals surface area contributed by atoms with Gasteiger partial charge < -0.3 is 10.4 Å². The first-order chi connectivity index (χ1) is 6.44. The summed E-state index contributed by atoms with van der Waals surface area (Å²) in [4.78, 5) is 0. The summed E-state index contributed by atoms with van der Waals surface area (Å²) in [6.45, 7) is 0. The van der Waals surface area contributed by atoms with E-state index in [0.29, 0.717) is 11.4 Å². The van der Waals surface area contributed by atoms with Crippen molar-refractivity contribution in [1.82, 2.24) is 0 Å². The second-order valence-corrected chi connectivity index (χ2v) is 4.57. The van der Waals surface area contributed by atoms with Crippen LogP contribution in [0.3, 0.4) is 0 Å². The predicted molar refractivity (Wildman–Crippen MR) is 56.1 cm³/mol. The minimum atomic E-state index is -3.33. The first-order valence-corrected chi connectivity index (χ1v) is 5.80. The molecule has 1 rings (SSSR count). The largest absolute Gasteiger partial charge is 0.506 e. The zero-order chi connectivity index (χ0) is 10.8. The molecule has 0 radical (unpaired) electrons. The number of anilines is 2. The summed E-state index contributed by atoms with van der Waals surface area (Å²) in [6.07, 6.45) is 1.05. The van der Waals surface area contributed by atoms with Crippen molar-refractivity contribution in [3.05, 3.63) is 18.2 Å². The van der Waals surface area contributed by atoms with E-state index in [-0.39, 0.29) is 5.75 Å². The number of hydrogen-bond acceptors (Lipinski definition) is 4. The van der Waals surface area contributed by atoms with Gasteiger partial charge in [-0.05, 0) is 12.1 Å². The zero-order valence-electron chi connectivity index (χ0n) is 7.90. The van der Waals surface area contributed by atoms with Crippen molar-refractivity contribution in [3.63, 3.8) is 0 Å². The third kappa shape index (κ3) is 2.53. The van der Waals surface area contributed by atoms with E-state index in [1.807, 2.05) is 0 Å². The molecule has 0 fully saturated rings. The molecule has 0 aromatic heterocycles. The number of benzene rings is 1. The Labute approximate surface area is 82.8 Å². The summed E-state index contributed by atoms with van der Waals surface area (Å²) in [5.41, 5.74) is 0.688. The minimum Gasteiger partial charge on any atom is -0.506 e. The summed E-state index contributed by atoms with van der Waals surface area (Å²) in [5, 5.41) is 12.1. The Morgan fingerprint density at radius 1 is 1.36 bits per heavy atom. The molecule has 1 aromatic carbocycles. The van der Waals surface area contributed by atoms with Gasteiger partial charge in [-0.25, -0.2) is 8.42 Å². The van der Waals surface area contributed by atoms with Crippen molar-refractivity contribution in [2.24, 2.45) is 0 Å². The smallest absolute Gasteiger partial charge is 0.229 e. The van der Waals surface area contributed by atoms with E-state index in [0.717, 1.165) is 6.26 Å². The van der Waals surface area contributed by atoms with Crippen LogP contribution in [0.1, 0.15) is 0 Å². The lowest BCUT2D eigenvalue weighted by molar-refractivity contribution is 0.478. The van der Waals surface area contributed by atoms with E-state index in [2.05, 4.69) is 10.0 Å². The van der Waals surface area contributed by atoms with E-state index in [4.69, 9.17) is 0 Å². The number of para-hydroxylation sites is 1. The highest BCUT2D eigenvalue weighted by Crippen LogP contribution is 2.31. The lowest BCUT2D eigenvalue weighted by Gasteiger charge is -2.11. The maximum Gasteiger partial charge on any atom is 0.229 e. The van der Waals surface area contributed by atoms with Crippen molar-refractivity contribution >= 4 is 21.4 Å². The van der Waals surface area contributed by atoms with E-state index in [9.17, 15) is 13.5 Å². The first-order valence-electron chi connectivity index (χ1n) is 3.91. The highest BCUT2D eigenvalue weighted by molar-refractivity contribution is 7.92. The van der Waals surface area contributed by atoms with E-state index in [1.165, 1.54) is 6.07 Å². The Bertz CT molecular complexity index is 428. The normalized spacial score (nSPS) is 11.0. The number of nitrogens with one attached hydrogen (secondary N) is 2. The van der Waals surface area contributed by atoms with Gasteiger partial charge in [-0.2, -0.15) is 0 Å². The average molecular weight is 216 g/mol. The third-order valence-electron chi connectivity index (χ3n) is 1.59. The predicted octanol–water partition coefficient (Wildman–Crippen LogP) is 0.805. The molecule has 0 bridgehead atoms. The van der Waals surface area contributed by atoms with Crippen molar-refractivity contribution in [1.29, 1.82) is 0 Å². The number of sulfonamides is 1. The minimum absolute atomic E-state index is 0.00106. The number of aromatic hydroxyl groups is 1. The fourth-order valence-electron chi connectivity index (χ4n) is 1.09. The number of phenols is 1. The van der Waals surface area contributed by atoms with Gasteiger partial charge in [-0.15, -0.1) is 0 Å². The summed E-state index contributed by atoms with van der Waals surface area (Å²) in [7, 11) is -1.73. The highest BCUT2D eigenvalue weighted by Gasteiger charge is 2.09. The van der Waals surface area contributed by atoms with Gasteiger partial charge in [0.05, 0.1) is 11.9 Å². The molecule has 0 saturated heterocycles. The summed E-state index contributed by atoms with van der Waals surface area (Å²) < 4.78 is 24.2. The van der Waals surface area contributed by atoms with Gasteiger partial charge >= 0.3 is 0 Å². The molecular formula is C8H12N2O3S. The molecule has 0 unspecified atom stereocenters.